The molecule has 11 heteroatoms. The number of nitro groups is 1. The fourth-order valence-electron chi connectivity index (χ4n) is 2.34. The second-order valence-corrected chi connectivity index (χ2v) is 5.59. The third kappa shape index (κ3) is 3.79. The molecule has 0 saturated carbocycles. The van der Waals surface area contributed by atoms with E-state index in [-0.39, 0.29) is 11.4 Å². The largest absolute Gasteiger partial charge is 0.455 e. The lowest BCUT2D eigenvalue weighted by molar-refractivity contribution is -0.384. The van der Waals surface area contributed by atoms with E-state index in [1.165, 1.54) is 30.3 Å². The summed E-state index contributed by atoms with van der Waals surface area (Å²) in [5.41, 5.74) is -1.09. The maximum Gasteiger partial charge on any atom is 0.374 e. The molecule has 29 heavy (non-hydrogen) atoms. The zero-order valence-electron chi connectivity index (χ0n) is 14.0. The Balaban J connectivity index is 1.76. The van der Waals surface area contributed by atoms with Crippen LogP contribution in [0.15, 0.2) is 40.8 Å². The van der Waals surface area contributed by atoms with Crippen LogP contribution in [0.1, 0.15) is 16.1 Å². The molecule has 6 nitrogen and oxygen atoms in total. The third-order valence-electron chi connectivity index (χ3n) is 3.82. The van der Waals surface area contributed by atoms with Gasteiger partial charge in [-0.25, -0.2) is 26.7 Å². The Bertz CT molecular complexity index is 1080. The average molecular weight is 413 g/mol. The van der Waals surface area contributed by atoms with Crippen LogP contribution in [0.25, 0.3) is 11.3 Å². The molecule has 3 aromatic rings. The first kappa shape index (κ1) is 20.0. The Morgan fingerprint density at radius 1 is 0.897 bits per heavy atom. The molecular weight excluding hydrogens is 405 g/mol. The van der Waals surface area contributed by atoms with Gasteiger partial charge in [-0.1, -0.05) is 0 Å². The van der Waals surface area contributed by atoms with Gasteiger partial charge in [0.05, 0.1) is 10.5 Å². The van der Waals surface area contributed by atoms with Crippen LogP contribution in [0.4, 0.5) is 27.6 Å². The summed E-state index contributed by atoms with van der Waals surface area (Å²) in [7, 11) is 0. The van der Waals surface area contributed by atoms with E-state index in [0.717, 1.165) is 6.07 Å². The maximum absolute atomic E-state index is 13.6. The fraction of sp³-hybridized carbons (Fsp3) is 0.0556. The highest BCUT2D eigenvalue weighted by molar-refractivity contribution is 5.87. The highest BCUT2D eigenvalue weighted by atomic mass is 19.2. The number of halogens is 5. The highest BCUT2D eigenvalue weighted by Gasteiger charge is 2.27. The van der Waals surface area contributed by atoms with Crippen molar-refractivity contribution in [3.8, 4) is 11.3 Å². The van der Waals surface area contributed by atoms with Crippen molar-refractivity contribution in [1.29, 1.82) is 0 Å². The molecule has 1 aromatic heterocycles. The summed E-state index contributed by atoms with van der Waals surface area (Å²) in [5.74, 6) is -12.4. The van der Waals surface area contributed by atoms with E-state index in [4.69, 9.17) is 4.42 Å². The summed E-state index contributed by atoms with van der Waals surface area (Å²) in [5, 5.41) is 10.6. The average Bonchev–Trinajstić information content (AvgIpc) is 3.21. The molecule has 3 rings (SSSR count). The standard InChI is InChI=1S/C18H8F5NO5/c19-13-10(14(20)16(22)17(23)15(13)21)7-28-18(25)12-6-5-11(29-12)8-1-3-9(4-2-8)24(26)27/h1-6H,7H2. The zero-order chi connectivity index (χ0) is 21.3. The van der Waals surface area contributed by atoms with Gasteiger partial charge in [-0.2, -0.15) is 0 Å². The van der Waals surface area contributed by atoms with Crippen LogP contribution < -0.4 is 0 Å². The van der Waals surface area contributed by atoms with Crippen LogP contribution in [0, 0.1) is 39.2 Å². The van der Waals surface area contributed by atoms with Gasteiger partial charge in [0.15, 0.2) is 23.3 Å². The fourth-order valence-corrected chi connectivity index (χ4v) is 2.34. The first-order valence-corrected chi connectivity index (χ1v) is 7.72. The number of ether oxygens (including phenoxy) is 1. The van der Waals surface area contributed by atoms with E-state index in [1.807, 2.05) is 0 Å². The number of carbonyl (C=O) groups is 1. The summed E-state index contributed by atoms with van der Waals surface area (Å²) in [6, 6.07) is 7.62. The van der Waals surface area contributed by atoms with E-state index in [2.05, 4.69) is 4.74 Å². The van der Waals surface area contributed by atoms with Crippen molar-refractivity contribution in [3.05, 3.63) is 86.9 Å². The van der Waals surface area contributed by atoms with Gasteiger partial charge in [0.25, 0.3) is 5.69 Å². The van der Waals surface area contributed by atoms with Gasteiger partial charge in [0.1, 0.15) is 12.4 Å². The Labute approximate surface area is 158 Å². The number of nitrogens with zero attached hydrogens (tertiary/aromatic N) is 1. The number of rotatable bonds is 5. The van der Waals surface area contributed by atoms with Gasteiger partial charge >= 0.3 is 5.97 Å². The summed E-state index contributed by atoms with van der Waals surface area (Å²) < 4.78 is 76.3. The molecule has 2 aromatic carbocycles. The minimum absolute atomic E-state index is 0.128. The van der Waals surface area contributed by atoms with Gasteiger partial charge in [0.2, 0.25) is 11.6 Å². The number of esters is 1. The molecule has 0 radical (unpaired) electrons. The van der Waals surface area contributed by atoms with E-state index in [1.54, 1.807) is 0 Å². The van der Waals surface area contributed by atoms with Crippen molar-refractivity contribution in [2.75, 3.05) is 0 Å². The van der Waals surface area contributed by atoms with Crippen molar-refractivity contribution in [1.82, 2.24) is 0 Å². The third-order valence-corrected chi connectivity index (χ3v) is 3.82. The summed E-state index contributed by atoms with van der Waals surface area (Å²) in [4.78, 5) is 22.0. The Kier molecular flexibility index (Phi) is 5.31. The topological polar surface area (TPSA) is 82.6 Å². The molecule has 0 saturated heterocycles. The van der Waals surface area contributed by atoms with E-state index >= 15 is 0 Å². The summed E-state index contributed by atoms with van der Waals surface area (Å²) in [6.45, 7) is -1.22. The number of non-ortho nitro benzene ring substituents is 1. The number of furan rings is 1. The molecule has 150 valence electrons. The number of benzene rings is 2. The quantitative estimate of drug-likeness (QED) is 0.148. The predicted octanol–water partition coefficient (Wildman–Crippen LogP) is 4.91. The first-order valence-electron chi connectivity index (χ1n) is 7.72. The van der Waals surface area contributed by atoms with Crippen LogP contribution in [0.2, 0.25) is 0 Å². The molecule has 0 spiro atoms. The van der Waals surface area contributed by atoms with E-state index in [9.17, 15) is 36.9 Å². The van der Waals surface area contributed by atoms with Gasteiger partial charge in [-0.3, -0.25) is 10.1 Å². The minimum atomic E-state index is -2.33. The molecule has 0 aliphatic heterocycles. The molecule has 0 aliphatic carbocycles. The van der Waals surface area contributed by atoms with Crippen molar-refractivity contribution in [2.24, 2.45) is 0 Å². The molecular formula is C18H8F5NO5. The van der Waals surface area contributed by atoms with Gasteiger partial charge in [0, 0.05) is 17.7 Å². The zero-order valence-corrected chi connectivity index (χ0v) is 14.0. The smallest absolute Gasteiger partial charge is 0.374 e. The van der Waals surface area contributed by atoms with Crippen LogP contribution in [-0.4, -0.2) is 10.9 Å². The first-order chi connectivity index (χ1) is 13.7. The van der Waals surface area contributed by atoms with Crippen LogP contribution in [-0.2, 0) is 11.3 Å². The van der Waals surface area contributed by atoms with Crippen molar-refractivity contribution >= 4 is 11.7 Å². The molecule has 1 heterocycles. The molecule has 0 aliphatic rings. The second-order valence-electron chi connectivity index (χ2n) is 5.59. The van der Waals surface area contributed by atoms with E-state index < -0.39 is 57.9 Å². The lowest BCUT2D eigenvalue weighted by atomic mass is 10.1. The van der Waals surface area contributed by atoms with Crippen LogP contribution >= 0.6 is 0 Å². The lowest BCUT2D eigenvalue weighted by Crippen LogP contribution is -2.11. The highest BCUT2D eigenvalue weighted by Crippen LogP contribution is 2.26. The predicted molar refractivity (Wildman–Crippen MR) is 86.1 cm³/mol. The van der Waals surface area contributed by atoms with Gasteiger partial charge in [-0.05, 0) is 24.3 Å². The summed E-state index contributed by atoms with van der Waals surface area (Å²) in [6.07, 6.45) is 0. The normalized spacial score (nSPS) is 10.8. The number of nitro benzene ring substituents is 1. The monoisotopic (exact) mass is 413 g/mol. The molecule has 0 fully saturated rings. The van der Waals surface area contributed by atoms with Crippen LogP contribution in [0.5, 0.6) is 0 Å². The molecule has 0 bridgehead atoms. The summed E-state index contributed by atoms with van der Waals surface area (Å²) >= 11 is 0. The Morgan fingerprint density at radius 3 is 2.00 bits per heavy atom. The van der Waals surface area contributed by atoms with Crippen molar-refractivity contribution in [3.63, 3.8) is 0 Å². The Morgan fingerprint density at radius 2 is 1.45 bits per heavy atom. The molecule has 0 atom stereocenters. The van der Waals surface area contributed by atoms with Gasteiger partial charge in [-0.15, -0.1) is 0 Å². The van der Waals surface area contributed by atoms with Crippen molar-refractivity contribution < 1.29 is 40.8 Å². The van der Waals surface area contributed by atoms with E-state index in [0.29, 0.717) is 5.56 Å². The van der Waals surface area contributed by atoms with Gasteiger partial charge < -0.3 is 9.15 Å². The van der Waals surface area contributed by atoms with Crippen LogP contribution in [0.3, 0.4) is 0 Å². The maximum atomic E-state index is 13.6. The number of carbonyl (C=O) groups excluding carboxylic acids is 1. The number of hydrogen-bond donors (Lipinski definition) is 0. The second kappa shape index (κ2) is 7.70. The SMILES string of the molecule is O=C(OCc1c(F)c(F)c(F)c(F)c1F)c1ccc(-c2ccc([N+](=O)[O-])cc2)o1. The molecule has 0 unspecified atom stereocenters. The number of hydrogen-bond acceptors (Lipinski definition) is 5. The molecule has 0 amide bonds. The minimum Gasteiger partial charge on any atom is -0.455 e. The lowest BCUT2D eigenvalue weighted by Gasteiger charge is -2.08. The van der Waals surface area contributed by atoms with Crippen molar-refractivity contribution in [2.45, 2.75) is 6.61 Å². The Hall–Kier alpha value is -3.76. The molecule has 0 N–H and O–H groups in total.